The highest BCUT2D eigenvalue weighted by Crippen LogP contribution is 1.97. The van der Waals surface area contributed by atoms with Crippen LogP contribution in [0.1, 0.15) is 26.2 Å². The van der Waals surface area contributed by atoms with Crippen molar-refractivity contribution in [2.45, 2.75) is 32.2 Å². The summed E-state index contributed by atoms with van der Waals surface area (Å²) in [5.74, 6) is 7.76. The Kier molecular flexibility index (Phi) is 5.29. The van der Waals surface area contributed by atoms with E-state index in [1.807, 2.05) is 0 Å². The molecule has 0 saturated carbocycles. The van der Waals surface area contributed by atoms with E-state index in [0.717, 1.165) is 19.3 Å². The van der Waals surface area contributed by atoms with Gasteiger partial charge in [0.1, 0.15) is 0 Å². The van der Waals surface area contributed by atoms with Crippen LogP contribution in [0.25, 0.3) is 0 Å². The average Bonchev–Trinajstić information content (AvgIpc) is 1.88. The predicted octanol–water partition coefficient (Wildman–Crippen LogP) is 0.642. The number of nitrogens with two attached hydrogens (primary N) is 1. The number of hydrazine groups is 1. The van der Waals surface area contributed by atoms with E-state index in [0.29, 0.717) is 6.04 Å². The lowest BCUT2D eigenvalue weighted by Gasteiger charge is -2.09. The van der Waals surface area contributed by atoms with E-state index in [9.17, 15) is 0 Å². The number of rotatable bonds is 4. The Morgan fingerprint density at radius 3 is 2.78 bits per heavy atom. The van der Waals surface area contributed by atoms with E-state index in [-0.39, 0.29) is 0 Å². The van der Waals surface area contributed by atoms with E-state index >= 15 is 0 Å². The monoisotopic (exact) mass is 126 g/mol. The van der Waals surface area contributed by atoms with Crippen molar-refractivity contribution < 1.29 is 0 Å². The Bertz CT molecular complexity index is 93.6. The van der Waals surface area contributed by atoms with E-state index in [1.54, 1.807) is 0 Å². The number of hydrogen-bond donors (Lipinski definition) is 2. The van der Waals surface area contributed by atoms with E-state index < -0.39 is 0 Å². The molecule has 0 bridgehead atoms. The molecule has 0 radical (unpaired) electrons. The van der Waals surface area contributed by atoms with Gasteiger partial charge in [0, 0.05) is 12.5 Å². The van der Waals surface area contributed by atoms with Crippen LogP contribution in [0, 0.1) is 12.3 Å². The molecule has 1 atom stereocenters. The van der Waals surface area contributed by atoms with Crippen LogP contribution < -0.4 is 11.3 Å². The highest BCUT2D eigenvalue weighted by Gasteiger charge is 2.00. The third-order valence-corrected chi connectivity index (χ3v) is 1.24. The number of terminal acetylenes is 1. The Morgan fingerprint density at radius 1 is 1.78 bits per heavy atom. The van der Waals surface area contributed by atoms with E-state index in [2.05, 4.69) is 18.3 Å². The van der Waals surface area contributed by atoms with Crippen LogP contribution in [-0.4, -0.2) is 6.04 Å². The lowest BCUT2D eigenvalue weighted by atomic mass is 10.1. The summed E-state index contributed by atoms with van der Waals surface area (Å²) in [6, 6.07) is 0.306. The van der Waals surface area contributed by atoms with Gasteiger partial charge in [-0.15, -0.1) is 12.3 Å². The maximum atomic E-state index is 5.20. The summed E-state index contributed by atoms with van der Waals surface area (Å²) >= 11 is 0. The maximum Gasteiger partial charge on any atom is 0.0319 e. The molecule has 0 rings (SSSR count). The van der Waals surface area contributed by atoms with Gasteiger partial charge in [0.05, 0.1) is 0 Å². The van der Waals surface area contributed by atoms with E-state index in [1.165, 1.54) is 0 Å². The third kappa shape index (κ3) is 4.01. The molecular weight excluding hydrogens is 112 g/mol. The van der Waals surface area contributed by atoms with Gasteiger partial charge >= 0.3 is 0 Å². The normalized spacial score (nSPS) is 12.6. The van der Waals surface area contributed by atoms with Gasteiger partial charge in [-0.3, -0.25) is 11.3 Å². The minimum Gasteiger partial charge on any atom is -0.271 e. The summed E-state index contributed by atoms with van der Waals surface area (Å²) in [5.41, 5.74) is 2.66. The summed E-state index contributed by atoms with van der Waals surface area (Å²) in [4.78, 5) is 0. The summed E-state index contributed by atoms with van der Waals surface area (Å²) in [6.45, 7) is 2.11. The fourth-order valence-corrected chi connectivity index (χ4v) is 0.735. The molecule has 0 spiro atoms. The molecule has 2 nitrogen and oxygen atoms in total. The Balaban J connectivity index is 3.32. The molecule has 52 valence electrons. The van der Waals surface area contributed by atoms with Crippen LogP contribution in [0.15, 0.2) is 0 Å². The zero-order valence-corrected chi connectivity index (χ0v) is 5.85. The minimum atomic E-state index is 0.306. The fraction of sp³-hybridized carbons (Fsp3) is 0.714. The standard InChI is InChI=1S/C7H14N2/c1-3-5-7(9-8)6-4-2/h1,7,9H,4-6,8H2,2H3. The second kappa shape index (κ2) is 5.61. The van der Waals surface area contributed by atoms with E-state index in [4.69, 9.17) is 12.3 Å². The second-order valence-electron chi connectivity index (χ2n) is 2.06. The van der Waals surface area contributed by atoms with Crippen molar-refractivity contribution >= 4 is 0 Å². The van der Waals surface area contributed by atoms with Crippen LogP contribution in [0.3, 0.4) is 0 Å². The van der Waals surface area contributed by atoms with Crippen molar-refractivity contribution in [2.75, 3.05) is 0 Å². The minimum absolute atomic E-state index is 0.306. The molecule has 0 aliphatic carbocycles. The fourth-order valence-electron chi connectivity index (χ4n) is 0.735. The van der Waals surface area contributed by atoms with Crippen molar-refractivity contribution in [3.05, 3.63) is 0 Å². The van der Waals surface area contributed by atoms with Crippen LogP contribution in [0.4, 0.5) is 0 Å². The molecule has 9 heavy (non-hydrogen) atoms. The second-order valence-corrected chi connectivity index (χ2v) is 2.06. The molecule has 0 saturated heterocycles. The topological polar surface area (TPSA) is 38.0 Å². The van der Waals surface area contributed by atoms with Crippen molar-refractivity contribution in [1.82, 2.24) is 5.43 Å². The summed E-state index contributed by atoms with van der Waals surface area (Å²) in [6.07, 6.45) is 7.99. The Hall–Kier alpha value is -0.520. The van der Waals surface area contributed by atoms with Crippen LogP contribution in [0.2, 0.25) is 0 Å². The predicted molar refractivity (Wildman–Crippen MR) is 39.5 cm³/mol. The first-order valence-electron chi connectivity index (χ1n) is 3.24. The molecule has 0 aromatic heterocycles. The molecule has 0 fully saturated rings. The molecule has 0 heterocycles. The first kappa shape index (κ1) is 8.48. The van der Waals surface area contributed by atoms with Crippen molar-refractivity contribution in [3.8, 4) is 12.3 Å². The molecule has 0 aliphatic rings. The molecule has 0 aliphatic heterocycles. The molecule has 0 aromatic carbocycles. The van der Waals surface area contributed by atoms with Gasteiger partial charge in [0.2, 0.25) is 0 Å². The Morgan fingerprint density at radius 2 is 2.44 bits per heavy atom. The smallest absolute Gasteiger partial charge is 0.0319 e. The van der Waals surface area contributed by atoms with Gasteiger partial charge in [-0.25, -0.2) is 0 Å². The van der Waals surface area contributed by atoms with Crippen molar-refractivity contribution in [1.29, 1.82) is 0 Å². The van der Waals surface area contributed by atoms with Crippen LogP contribution >= 0.6 is 0 Å². The van der Waals surface area contributed by atoms with Gasteiger partial charge in [-0.1, -0.05) is 13.3 Å². The molecule has 2 heteroatoms. The number of hydrogen-bond acceptors (Lipinski definition) is 2. The van der Waals surface area contributed by atoms with Crippen molar-refractivity contribution in [2.24, 2.45) is 5.84 Å². The zero-order valence-electron chi connectivity index (χ0n) is 5.85. The quantitative estimate of drug-likeness (QED) is 0.329. The summed E-state index contributed by atoms with van der Waals surface area (Å²) in [5, 5.41) is 0. The van der Waals surface area contributed by atoms with Gasteiger partial charge in [0.15, 0.2) is 0 Å². The molecule has 0 amide bonds. The van der Waals surface area contributed by atoms with Gasteiger partial charge in [0.25, 0.3) is 0 Å². The zero-order chi connectivity index (χ0) is 7.11. The average molecular weight is 126 g/mol. The molecule has 3 N–H and O–H groups in total. The van der Waals surface area contributed by atoms with Gasteiger partial charge < -0.3 is 0 Å². The van der Waals surface area contributed by atoms with Crippen LogP contribution in [-0.2, 0) is 0 Å². The summed E-state index contributed by atoms with van der Waals surface area (Å²) < 4.78 is 0. The van der Waals surface area contributed by atoms with Crippen molar-refractivity contribution in [3.63, 3.8) is 0 Å². The van der Waals surface area contributed by atoms with Gasteiger partial charge in [-0.05, 0) is 6.42 Å². The first-order valence-corrected chi connectivity index (χ1v) is 3.24. The highest BCUT2D eigenvalue weighted by atomic mass is 15.2. The molecule has 0 aromatic rings. The van der Waals surface area contributed by atoms with Crippen LogP contribution in [0.5, 0.6) is 0 Å². The number of nitrogens with one attached hydrogen (secondary N) is 1. The molecular formula is C7H14N2. The van der Waals surface area contributed by atoms with Gasteiger partial charge in [-0.2, -0.15) is 0 Å². The lowest BCUT2D eigenvalue weighted by molar-refractivity contribution is 0.498. The lowest BCUT2D eigenvalue weighted by Crippen LogP contribution is -2.34. The largest absolute Gasteiger partial charge is 0.271 e. The Labute approximate surface area is 56.8 Å². The maximum absolute atomic E-state index is 5.20. The summed E-state index contributed by atoms with van der Waals surface area (Å²) in [7, 11) is 0. The third-order valence-electron chi connectivity index (χ3n) is 1.24. The highest BCUT2D eigenvalue weighted by molar-refractivity contribution is 4.88. The molecule has 1 unspecified atom stereocenters. The first-order chi connectivity index (χ1) is 4.35. The SMILES string of the molecule is C#CCC(CCC)NN.